The van der Waals surface area contributed by atoms with Crippen molar-refractivity contribution in [1.82, 2.24) is 9.62 Å². The van der Waals surface area contributed by atoms with Crippen LogP contribution in [-0.4, -0.2) is 45.0 Å². The molecule has 3 aromatic rings. The maximum absolute atomic E-state index is 14.1. The highest BCUT2D eigenvalue weighted by Gasteiger charge is 2.64. The van der Waals surface area contributed by atoms with E-state index in [0.717, 1.165) is 9.87 Å². The lowest BCUT2D eigenvalue weighted by Gasteiger charge is -2.33. The molecule has 0 aromatic heterocycles. The fraction of sp³-hybridized carbons (Fsp3) is 0.231. The van der Waals surface area contributed by atoms with Crippen LogP contribution in [0.1, 0.15) is 22.7 Å². The molecule has 2 atom stereocenters. The van der Waals surface area contributed by atoms with Crippen molar-refractivity contribution in [2.75, 3.05) is 26.2 Å². The smallest absolute Gasteiger partial charge is 0.266 e. The molecule has 8 nitrogen and oxygen atoms in total. The number of aryl methyl sites for hydroxylation is 1. The van der Waals surface area contributed by atoms with Crippen molar-refractivity contribution < 1.29 is 22.7 Å². The van der Waals surface area contributed by atoms with E-state index in [1.54, 1.807) is 49.5 Å². The molecule has 0 bridgehead atoms. The number of carbonyl (C=O) groups is 1. The molecule has 0 unspecified atom stereocenters. The first-order chi connectivity index (χ1) is 17.2. The second-order valence-corrected chi connectivity index (χ2v) is 11.0. The van der Waals surface area contributed by atoms with Gasteiger partial charge in [0.2, 0.25) is 0 Å². The van der Waals surface area contributed by atoms with Crippen LogP contribution in [0.3, 0.4) is 0 Å². The van der Waals surface area contributed by atoms with Crippen molar-refractivity contribution >= 4 is 38.9 Å². The molecule has 10 heteroatoms. The Morgan fingerprint density at radius 3 is 2.31 bits per heavy atom. The molecule has 1 amide bonds. The van der Waals surface area contributed by atoms with Gasteiger partial charge in [-0.25, -0.2) is 12.7 Å². The summed E-state index contributed by atoms with van der Waals surface area (Å²) in [6, 6.07) is 17.9. The van der Waals surface area contributed by atoms with Crippen LogP contribution in [0.2, 0.25) is 0 Å². The van der Waals surface area contributed by atoms with Gasteiger partial charge < -0.3 is 19.7 Å². The van der Waals surface area contributed by atoms with Gasteiger partial charge >= 0.3 is 0 Å². The summed E-state index contributed by atoms with van der Waals surface area (Å²) in [7, 11) is 0.531. The van der Waals surface area contributed by atoms with Crippen LogP contribution in [0.15, 0.2) is 71.6 Å². The summed E-state index contributed by atoms with van der Waals surface area (Å²) < 4.78 is 40.2. The van der Waals surface area contributed by atoms with E-state index in [2.05, 4.69) is 5.32 Å². The van der Waals surface area contributed by atoms with Crippen molar-refractivity contribution in [3.05, 3.63) is 83.4 Å². The maximum atomic E-state index is 14.1. The predicted octanol–water partition coefficient (Wildman–Crippen LogP) is 3.50. The molecule has 1 fully saturated rings. The van der Waals surface area contributed by atoms with Crippen LogP contribution < -0.4 is 19.7 Å². The Labute approximate surface area is 215 Å². The summed E-state index contributed by atoms with van der Waals surface area (Å²) in [6.07, 6.45) is 0. The fourth-order valence-electron chi connectivity index (χ4n) is 5.04. The van der Waals surface area contributed by atoms with Crippen molar-refractivity contribution in [2.24, 2.45) is 0 Å². The number of ether oxygens (including phenoxy) is 2. The van der Waals surface area contributed by atoms with Crippen LogP contribution in [0.4, 0.5) is 5.69 Å². The number of carbonyl (C=O) groups excluding carboxylic acids is 1. The molecule has 186 valence electrons. The topological polar surface area (TPSA) is 88.2 Å². The van der Waals surface area contributed by atoms with E-state index < -0.39 is 21.6 Å². The summed E-state index contributed by atoms with van der Waals surface area (Å²) in [5.74, 6) is 0.571. The zero-order chi connectivity index (χ0) is 25.8. The lowest BCUT2D eigenvalue weighted by Crippen LogP contribution is -2.50. The number of fused-ring (bicyclic) bond motifs is 2. The number of amides is 1. The van der Waals surface area contributed by atoms with Crippen LogP contribution in [-0.2, 0) is 20.4 Å². The molecule has 2 aliphatic heterocycles. The van der Waals surface area contributed by atoms with Crippen molar-refractivity contribution in [3.63, 3.8) is 0 Å². The highest BCUT2D eigenvalue weighted by molar-refractivity contribution is 7.91. The molecule has 1 spiro atoms. The molecule has 2 heterocycles. The Morgan fingerprint density at radius 1 is 0.972 bits per heavy atom. The number of methoxy groups -OCH3 is 2. The number of anilines is 1. The molecule has 2 aliphatic rings. The predicted molar refractivity (Wildman–Crippen MR) is 140 cm³/mol. The average molecular weight is 524 g/mol. The van der Waals surface area contributed by atoms with Gasteiger partial charge in [0, 0.05) is 18.3 Å². The number of rotatable bonds is 5. The molecule has 36 heavy (non-hydrogen) atoms. The Kier molecular flexibility index (Phi) is 5.68. The Bertz CT molecular complexity index is 1490. The Balaban J connectivity index is 1.80. The van der Waals surface area contributed by atoms with E-state index >= 15 is 0 Å². The lowest BCUT2D eigenvalue weighted by atomic mass is 9.81. The highest BCUT2D eigenvalue weighted by atomic mass is 32.2. The zero-order valence-electron chi connectivity index (χ0n) is 20.2. The number of likely N-dealkylation sites (N-methyl/N-ethyl adjacent to an activating group) is 1. The fourth-order valence-corrected chi connectivity index (χ4v) is 7.13. The minimum absolute atomic E-state index is 0.0613. The van der Waals surface area contributed by atoms with Gasteiger partial charge in [-0.05, 0) is 55.0 Å². The van der Waals surface area contributed by atoms with E-state index in [-0.39, 0.29) is 15.9 Å². The van der Waals surface area contributed by atoms with Gasteiger partial charge in [0.05, 0.1) is 19.1 Å². The van der Waals surface area contributed by atoms with E-state index in [0.29, 0.717) is 28.3 Å². The van der Waals surface area contributed by atoms with Crippen LogP contribution >= 0.6 is 12.2 Å². The number of hydrogen-bond acceptors (Lipinski definition) is 6. The average Bonchev–Trinajstić information content (AvgIpc) is 3.31. The number of sulfonamides is 1. The molecule has 1 N–H and O–H groups in total. The molecule has 3 aromatic carbocycles. The number of hydrogen-bond donors (Lipinski definition) is 1. The van der Waals surface area contributed by atoms with Gasteiger partial charge in [-0.3, -0.25) is 4.79 Å². The molecular formula is C26H25N3O5S2. The second-order valence-electron chi connectivity index (χ2n) is 8.75. The van der Waals surface area contributed by atoms with E-state index in [4.69, 9.17) is 21.7 Å². The normalized spacial score (nSPS) is 21.1. The summed E-state index contributed by atoms with van der Waals surface area (Å²) in [6.45, 7) is 1.88. The summed E-state index contributed by atoms with van der Waals surface area (Å²) >= 11 is 5.64. The maximum Gasteiger partial charge on any atom is 0.266 e. The van der Waals surface area contributed by atoms with Crippen molar-refractivity contribution in [3.8, 4) is 11.5 Å². The highest BCUT2D eigenvalue weighted by Crippen LogP contribution is 2.54. The summed E-state index contributed by atoms with van der Waals surface area (Å²) in [5, 5.41) is 3.07. The van der Waals surface area contributed by atoms with Crippen molar-refractivity contribution in [2.45, 2.75) is 23.4 Å². The zero-order valence-corrected chi connectivity index (χ0v) is 21.8. The Morgan fingerprint density at radius 2 is 1.64 bits per heavy atom. The number of para-hydroxylation sites is 1. The third kappa shape index (κ3) is 3.28. The summed E-state index contributed by atoms with van der Waals surface area (Å²) in [4.78, 5) is 15.6. The first-order valence-corrected chi connectivity index (χ1v) is 13.0. The van der Waals surface area contributed by atoms with Gasteiger partial charge in [-0.15, -0.1) is 0 Å². The summed E-state index contributed by atoms with van der Waals surface area (Å²) in [5.41, 5.74) is 1.29. The first kappa shape index (κ1) is 24.1. The monoisotopic (exact) mass is 523 g/mol. The van der Waals surface area contributed by atoms with E-state index in [1.165, 1.54) is 19.1 Å². The first-order valence-electron chi connectivity index (χ1n) is 11.2. The minimum Gasteiger partial charge on any atom is -0.493 e. The van der Waals surface area contributed by atoms with Gasteiger partial charge in [0.25, 0.3) is 15.9 Å². The third-order valence-corrected chi connectivity index (χ3v) is 8.98. The van der Waals surface area contributed by atoms with Gasteiger partial charge in [-0.1, -0.05) is 42.0 Å². The molecule has 5 rings (SSSR count). The number of nitrogens with one attached hydrogen (secondary N) is 1. The second kappa shape index (κ2) is 8.49. The van der Waals surface area contributed by atoms with E-state index in [9.17, 15) is 13.2 Å². The van der Waals surface area contributed by atoms with Gasteiger partial charge in [0.15, 0.2) is 22.2 Å². The number of benzene rings is 3. The molecule has 0 saturated carbocycles. The molecule has 0 aliphatic carbocycles. The lowest BCUT2D eigenvalue weighted by molar-refractivity contribution is -0.124. The van der Waals surface area contributed by atoms with Crippen molar-refractivity contribution in [1.29, 1.82) is 0 Å². The number of nitrogens with zero attached hydrogens (tertiary/aromatic N) is 2. The quantitative estimate of drug-likeness (QED) is 0.512. The molecule has 1 saturated heterocycles. The largest absolute Gasteiger partial charge is 0.493 e. The van der Waals surface area contributed by atoms with Gasteiger partial charge in [-0.2, -0.15) is 0 Å². The molecular weight excluding hydrogens is 498 g/mol. The third-order valence-electron chi connectivity index (χ3n) is 6.78. The van der Waals surface area contributed by atoms with Crippen LogP contribution in [0, 0.1) is 6.92 Å². The van der Waals surface area contributed by atoms with Crippen LogP contribution in [0.25, 0.3) is 0 Å². The standard InChI is InChI=1S/C26H25N3O5S2/c1-16-9-12-18(13-10-16)36(31,32)29-23(17-11-14-21(33-3)22(15-17)34-4)26(27-25(29)35)19-7-5-6-8-20(19)28(2)24(26)30/h5-15,23H,1-4H3,(H,27,35)/t23-,26+/m1/s1. The SMILES string of the molecule is COc1ccc([C@H]2N(S(=O)(=O)c3ccc(C)cc3)C(=S)N[C@]23C(=O)N(C)c2ccccc23)cc1OC. The number of thiocarbonyl (C=S) groups is 1. The minimum atomic E-state index is -4.16. The Hall–Kier alpha value is -3.63. The van der Waals surface area contributed by atoms with Gasteiger partial charge in [0.1, 0.15) is 6.04 Å². The van der Waals surface area contributed by atoms with E-state index in [1.807, 2.05) is 31.2 Å². The molecule has 0 radical (unpaired) electrons. The van der Waals surface area contributed by atoms with Crippen LogP contribution in [0.5, 0.6) is 11.5 Å².